The molecular weight excluding hydrogens is 256 g/mol. The van der Waals surface area contributed by atoms with E-state index >= 15 is 0 Å². The highest BCUT2D eigenvalue weighted by Gasteiger charge is 2.57. The molecule has 0 radical (unpaired) electrons. The summed E-state index contributed by atoms with van der Waals surface area (Å²) in [6.45, 7) is 2.12. The maximum absolute atomic E-state index is 12.3. The topological polar surface area (TPSA) is 41.1 Å². The van der Waals surface area contributed by atoms with Crippen LogP contribution in [0.3, 0.4) is 0 Å². The molecule has 1 spiro atoms. The van der Waals surface area contributed by atoms with E-state index in [9.17, 15) is 4.79 Å². The average molecular weight is 276 g/mol. The van der Waals surface area contributed by atoms with Crippen molar-refractivity contribution in [3.63, 3.8) is 0 Å². The SMILES string of the molecule is CSc1cccc(NC(=O)C2CC23CCNCC3)c1. The number of nitrogens with one attached hydrogen (secondary N) is 2. The van der Waals surface area contributed by atoms with Crippen LogP contribution in [-0.4, -0.2) is 25.3 Å². The minimum absolute atomic E-state index is 0.208. The third-order valence-corrected chi connectivity index (χ3v) is 5.17. The standard InChI is InChI=1S/C15H20N2OS/c1-19-12-4-2-3-11(9-12)17-14(18)13-10-15(13)5-7-16-8-6-15/h2-4,9,13,16H,5-8,10H2,1H3,(H,17,18). The van der Waals surface area contributed by atoms with Crippen LogP contribution < -0.4 is 10.6 Å². The van der Waals surface area contributed by atoms with Crippen molar-refractivity contribution in [3.05, 3.63) is 24.3 Å². The second kappa shape index (κ2) is 5.17. The summed E-state index contributed by atoms with van der Waals surface area (Å²) >= 11 is 1.70. The lowest BCUT2D eigenvalue weighted by atomic mass is 9.92. The molecule has 19 heavy (non-hydrogen) atoms. The van der Waals surface area contributed by atoms with Gasteiger partial charge in [0, 0.05) is 16.5 Å². The second-order valence-corrected chi connectivity index (χ2v) is 6.47. The first-order valence-corrected chi connectivity index (χ1v) is 8.12. The summed E-state index contributed by atoms with van der Waals surface area (Å²) in [5, 5.41) is 6.45. The fraction of sp³-hybridized carbons (Fsp3) is 0.533. The molecule has 0 aromatic heterocycles. The summed E-state index contributed by atoms with van der Waals surface area (Å²) in [7, 11) is 0. The third-order valence-electron chi connectivity index (χ3n) is 4.44. The minimum Gasteiger partial charge on any atom is -0.326 e. The van der Waals surface area contributed by atoms with Crippen LogP contribution >= 0.6 is 11.8 Å². The molecule has 1 saturated heterocycles. The Kier molecular flexibility index (Phi) is 3.54. The number of hydrogen-bond donors (Lipinski definition) is 2. The Balaban J connectivity index is 1.63. The van der Waals surface area contributed by atoms with Crippen molar-refractivity contribution in [2.75, 3.05) is 24.7 Å². The lowest BCUT2D eigenvalue weighted by molar-refractivity contribution is -0.118. The van der Waals surface area contributed by atoms with Gasteiger partial charge in [0.1, 0.15) is 0 Å². The van der Waals surface area contributed by atoms with Crippen molar-refractivity contribution >= 4 is 23.4 Å². The molecule has 4 heteroatoms. The zero-order valence-electron chi connectivity index (χ0n) is 11.2. The van der Waals surface area contributed by atoms with Gasteiger partial charge in [0.25, 0.3) is 0 Å². The molecule has 1 heterocycles. The van der Waals surface area contributed by atoms with Gasteiger partial charge in [-0.25, -0.2) is 0 Å². The van der Waals surface area contributed by atoms with Crippen molar-refractivity contribution in [1.29, 1.82) is 0 Å². The quantitative estimate of drug-likeness (QED) is 0.834. The smallest absolute Gasteiger partial charge is 0.228 e. The Bertz CT molecular complexity index is 483. The van der Waals surface area contributed by atoms with Gasteiger partial charge in [-0.3, -0.25) is 4.79 Å². The number of rotatable bonds is 3. The van der Waals surface area contributed by atoms with E-state index in [1.807, 2.05) is 24.5 Å². The second-order valence-electron chi connectivity index (χ2n) is 5.59. The van der Waals surface area contributed by atoms with Crippen molar-refractivity contribution < 1.29 is 4.79 Å². The maximum atomic E-state index is 12.3. The minimum atomic E-state index is 0.208. The van der Waals surface area contributed by atoms with E-state index in [2.05, 4.69) is 16.7 Å². The third kappa shape index (κ3) is 2.65. The zero-order valence-corrected chi connectivity index (χ0v) is 12.1. The average Bonchev–Trinajstić information content (AvgIpc) is 3.13. The van der Waals surface area contributed by atoms with Gasteiger partial charge in [-0.2, -0.15) is 0 Å². The van der Waals surface area contributed by atoms with Gasteiger partial charge in [-0.1, -0.05) is 6.07 Å². The molecule has 3 rings (SSSR count). The number of hydrogen-bond acceptors (Lipinski definition) is 3. The van der Waals surface area contributed by atoms with Crippen LogP contribution in [0.4, 0.5) is 5.69 Å². The number of carbonyl (C=O) groups excluding carboxylic acids is 1. The first kappa shape index (κ1) is 13.0. The molecule has 2 N–H and O–H groups in total. The van der Waals surface area contributed by atoms with Crippen molar-refractivity contribution in [1.82, 2.24) is 5.32 Å². The highest BCUT2D eigenvalue weighted by Crippen LogP contribution is 2.58. The molecule has 1 aliphatic heterocycles. The Morgan fingerprint density at radius 3 is 2.95 bits per heavy atom. The van der Waals surface area contributed by atoms with E-state index < -0.39 is 0 Å². The van der Waals surface area contributed by atoms with Gasteiger partial charge < -0.3 is 10.6 Å². The fourth-order valence-electron chi connectivity index (χ4n) is 3.13. The number of carbonyl (C=O) groups is 1. The van der Waals surface area contributed by atoms with Crippen molar-refractivity contribution in [2.45, 2.75) is 24.2 Å². The lowest BCUT2D eigenvalue weighted by Crippen LogP contribution is -2.31. The van der Waals surface area contributed by atoms with Gasteiger partial charge in [-0.05, 0) is 62.2 Å². The van der Waals surface area contributed by atoms with Crippen LogP contribution in [-0.2, 0) is 4.79 Å². The van der Waals surface area contributed by atoms with Gasteiger partial charge in [-0.15, -0.1) is 11.8 Å². The van der Waals surface area contributed by atoms with Crippen LogP contribution in [0.25, 0.3) is 0 Å². The van der Waals surface area contributed by atoms with Gasteiger partial charge in [0.05, 0.1) is 0 Å². The summed E-state index contributed by atoms with van der Waals surface area (Å²) in [6, 6.07) is 8.07. The van der Waals surface area contributed by atoms with E-state index in [1.54, 1.807) is 11.8 Å². The van der Waals surface area contributed by atoms with E-state index in [0.29, 0.717) is 5.41 Å². The molecule has 102 valence electrons. The monoisotopic (exact) mass is 276 g/mol. The summed E-state index contributed by atoms with van der Waals surface area (Å²) in [5.41, 5.74) is 1.24. The van der Waals surface area contributed by atoms with Gasteiger partial charge >= 0.3 is 0 Å². The molecule has 1 aliphatic carbocycles. The van der Waals surface area contributed by atoms with Crippen LogP contribution in [0.2, 0.25) is 0 Å². The first-order valence-electron chi connectivity index (χ1n) is 6.89. The molecule has 1 unspecified atom stereocenters. The summed E-state index contributed by atoms with van der Waals surface area (Å²) in [4.78, 5) is 13.5. The van der Waals surface area contributed by atoms with Crippen LogP contribution in [0.1, 0.15) is 19.3 Å². The van der Waals surface area contributed by atoms with E-state index in [0.717, 1.165) is 38.0 Å². The van der Waals surface area contributed by atoms with E-state index in [1.165, 1.54) is 4.90 Å². The predicted molar refractivity (Wildman–Crippen MR) is 79.5 cm³/mol. The molecule has 1 amide bonds. The highest BCUT2D eigenvalue weighted by atomic mass is 32.2. The van der Waals surface area contributed by atoms with Crippen molar-refractivity contribution in [2.24, 2.45) is 11.3 Å². The van der Waals surface area contributed by atoms with E-state index in [4.69, 9.17) is 0 Å². The molecule has 2 aliphatic rings. The summed E-state index contributed by atoms with van der Waals surface area (Å²) < 4.78 is 0. The number of anilines is 1. The zero-order chi connectivity index (χ0) is 13.3. The molecular formula is C15H20N2OS. The molecule has 3 nitrogen and oxygen atoms in total. The normalized spacial score (nSPS) is 24.2. The first-order chi connectivity index (χ1) is 9.23. The Morgan fingerprint density at radius 1 is 1.42 bits per heavy atom. The van der Waals surface area contributed by atoms with Crippen LogP contribution in [0.5, 0.6) is 0 Å². The van der Waals surface area contributed by atoms with Crippen LogP contribution in [0.15, 0.2) is 29.2 Å². The highest BCUT2D eigenvalue weighted by molar-refractivity contribution is 7.98. The largest absolute Gasteiger partial charge is 0.326 e. The van der Waals surface area contributed by atoms with Gasteiger partial charge in [0.2, 0.25) is 5.91 Å². The van der Waals surface area contributed by atoms with Crippen LogP contribution in [0, 0.1) is 11.3 Å². The number of amides is 1. The predicted octanol–water partition coefficient (Wildman–Crippen LogP) is 2.74. The fourth-order valence-corrected chi connectivity index (χ4v) is 3.59. The number of thioether (sulfide) groups is 1. The molecule has 1 aromatic carbocycles. The lowest BCUT2D eigenvalue weighted by Gasteiger charge is -2.23. The Morgan fingerprint density at radius 2 is 2.21 bits per heavy atom. The molecule has 2 fully saturated rings. The number of piperidine rings is 1. The Hall–Kier alpha value is -1.00. The summed E-state index contributed by atoms with van der Waals surface area (Å²) in [6.07, 6.45) is 5.42. The molecule has 1 atom stereocenters. The molecule has 1 saturated carbocycles. The molecule has 1 aromatic rings. The van der Waals surface area contributed by atoms with E-state index in [-0.39, 0.29) is 11.8 Å². The summed E-state index contributed by atoms with van der Waals surface area (Å²) in [5.74, 6) is 0.438. The number of benzene rings is 1. The Labute approximate surface area is 118 Å². The molecule has 0 bridgehead atoms. The van der Waals surface area contributed by atoms with Crippen molar-refractivity contribution in [3.8, 4) is 0 Å². The van der Waals surface area contributed by atoms with Gasteiger partial charge in [0.15, 0.2) is 0 Å². The maximum Gasteiger partial charge on any atom is 0.228 e.